The van der Waals surface area contributed by atoms with Crippen LogP contribution in [0.4, 0.5) is 5.82 Å². The minimum absolute atomic E-state index is 0.575. The van der Waals surface area contributed by atoms with Gasteiger partial charge in [0.15, 0.2) is 0 Å². The van der Waals surface area contributed by atoms with Crippen LogP contribution < -0.4 is 11.3 Å². The van der Waals surface area contributed by atoms with Crippen LogP contribution in [-0.4, -0.2) is 30.2 Å². The summed E-state index contributed by atoms with van der Waals surface area (Å²) in [6, 6.07) is 9.66. The molecule has 0 fully saturated rings. The zero-order chi connectivity index (χ0) is 14.7. The third-order valence-electron chi connectivity index (χ3n) is 2.80. The third-order valence-corrected chi connectivity index (χ3v) is 3.85. The number of hydrogen-bond donors (Lipinski definition) is 2. The van der Waals surface area contributed by atoms with E-state index in [1.165, 1.54) is 18.1 Å². The van der Waals surface area contributed by atoms with Gasteiger partial charge >= 0.3 is 0 Å². The third kappa shape index (κ3) is 2.69. The Hall–Kier alpha value is -2.52. The molecule has 0 atom stereocenters. The van der Waals surface area contributed by atoms with Crippen LogP contribution in [0.3, 0.4) is 0 Å². The highest BCUT2D eigenvalue weighted by atomic mass is 32.2. The molecule has 0 bridgehead atoms. The van der Waals surface area contributed by atoms with Gasteiger partial charge in [0, 0.05) is 5.56 Å². The van der Waals surface area contributed by atoms with Gasteiger partial charge in [0.2, 0.25) is 5.16 Å². The molecule has 0 saturated heterocycles. The lowest BCUT2D eigenvalue weighted by molar-refractivity contribution is 0.755. The molecule has 106 valence electrons. The van der Waals surface area contributed by atoms with Crippen molar-refractivity contribution >= 4 is 17.6 Å². The zero-order valence-electron chi connectivity index (χ0n) is 11.1. The molecule has 0 saturated carbocycles. The largest absolute Gasteiger partial charge is 0.308 e. The van der Waals surface area contributed by atoms with E-state index in [0.29, 0.717) is 11.0 Å². The maximum atomic E-state index is 5.42. The fourth-order valence-corrected chi connectivity index (χ4v) is 2.57. The summed E-state index contributed by atoms with van der Waals surface area (Å²) in [5.74, 6) is 5.99. The summed E-state index contributed by atoms with van der Waals surface area (Å²) < 4.78 is 1.65. The lowest BCUT2D eigenvalue weighted by Gasteiger charge is -2.08. The Morgan fingerprint density at radius 1 is 1.19 bits per heavy atom. The van der Waals surface area contributed by atoms with Gasteiger partial charge in [-0.1, -0.05) is 18.2 Å². The molecule has 0 aliphatic rings. The summed E-state index contributed by atoms with van der Waals surface area (Å²) in [4.78, 5) is 8.29. The number of nitrogens with zero attached hydrogens (tertiary/aromatic N) is 6. The number of anilines is 1. The van der Waals surface area contributed by atoms with Crippen molar-refractivity contribution in [2.24, 2.45) is 5.84 Å². The molecule has 0 unspecified atom stereocenters. The van der Waals surface area contributed by atoms with Crippen LogP contribution in [0.15, 0.2) is 46.8 Å². The van der Waals surface area contributed by atoms with Crippen molar-refractivity contribution in [2.45, 2.75) is 17.1 Å². The van der Waals surface area contributed by atoms with Crippen LogP contribution >= 0.6 is 11.8 Å². The fourth-order valence-electron chi connectivity index (χ4n) is 1.74. The van der Waals surface area contributed by atoms with E-state index < -0.39 is 0 Å². The predicted molar refractivity (Wildman–Crippen MR) is 77.9 cm³/mol. The molecule has 2 aromatic heterocycles. The number of nitrogens with two attached hydrogens (primary N) is 1. The Kier molecular flexibility index (Phi) is 3.75. The van der Waals surface area contributed by atoms with Crippen molar-refractivity contribution in [2.75, 3.05) is 5.43 Å². The van der Waals surface area contributed by atoms with E-state index in [-0.39, 0.29) is 0 Å². The van der Waals surface area contributed by atoms with Crippen molar-refractivity contribution < 1.29 is 0 Å². The van der Waals surface area contributed by atoms with Crippen LogP contribution in [0, 0.1) is 6.92 Å². The van der Waals surface area contributed by atoms with E-state index in [2.05, 4.69) is 30.9 Å². The molecule has 3 aromatic rings. The number of hydrogen-bond acceptors (Lipinski definition) is 8. The molecule has 3 N–H and O–H groups in total. The summed E-state index contributed by atoms with van der Waals surface area (Å²) in [5.41, 5.74) is 4.26. The predicted octanol–water partition coefficient (Wildman–Crippen LogP) is 1.20. The van der Waals surface area contributed by atoms with Crippen LogP contribution in [-0.2, 0) is 0 Å². The van der Waals surface area contributed by atoms with Gasteiger partial charge in [-0.15, -0.1) is 5.10 Å². The van der Waals surface area contributed by atoms with Crippen molar-refractivity contribution in [1.29, 1.82) is 0 Å². The van der Waals surface area contributed by atoms with Crippen LogP contribution in [0.5, 0.6) is 0 Å². The van der Waals surface area contributed by atoms with Gasteiger partial charge in [0.1, 0.15) is 17.2 Å². The van der Waals surface area contributed by atoms with Gasteiger partial charge in [0.25, 0.3) is 0 Å². The van der Waals surface area contributed by atoms with Gasteiger partial charge in [-0.05, 0) is 41.2 Å². The topological polar surface area (TPSA) is 107 Å². The molecule has 0 spiro atoms. The Morgan fingerprint density at radius 2 is 2.00 bits per heavy atom. The molecular formula is C12H12N8S. The highest BCUT2D eigenvalue weighted by molar-refractivity contribution is 7.99. The molecule has 0 radical (unpaired) electrons. The van der Waals surface area contributed by atoms with E-state index in [1.807, 2.05) is 37.3 Å². The molecule has 21 heavy (non-hydrogen) atoms. The molecule has 9 heteroatoms. The first kappa shape index (κ1) is 13.5. The Balaban J connectivity index is 1.96. The number of tetrazole rings is 1. The number of nitrogens with one attached hydrogen (secondary N) is 1. The maximum absolute atomic E-state index is 5.42. The summed E-state index contributed by atoms with van der Waals surface area (Å²) in [6.07, 6.45) is 1.45. The lowest BCUT2D eigenvalue weighted by atomic mass is 10.3. The first-order chi connectivity index (χ1) is 10.3. The normalized spacial score (nSPS) is 10.6. The standard InChI is InChI=1S/C12H12N8S/c1-8-10(16-13)14-7-15-11(8)21-12-17-18-19-20(12)9-5-3-2-4-6-9/h2-7H,13H2,1H3,(H,14,15,16). The average Bonchev–Trinajstić information content (AvgIpc) is 2.98. The highest BCUT2D eigenvalue weighted by Gasteiger charge is 2.14. The number of rotatable bonds is 4. The van der Waals surface area contributed by atoms with Crippen LogP contribution in [0.25, 0.3) is 5.69 Å². The van der Waals surface area contributed by atoms with E-state index in [4.69, 9.17) is 5.84 Å². The molecular weight excluding hydrogens is 288 g/mol. The van der Waals surface area contributed by atoms with Crippen molar-refractivity contribution in [3.8, 4) is 5.69 Å². The summed E-state index contributed by atoms with van der Waals surface area (Å²) in [6.45, 7) is 1.88. The van der Waals surface area contributed by atoms with E-state index in [9.17, 15) is 0 Å². The summed E-state index contributed by atoms with van der Waals surface area (Å²) in [7, 11) is 0. The zero-order valence-corrected chi connectivity index (χ0v) is 11.9. The summed E-state index contributed by atoms with van der Waals surface area (Å²) in [5, 5.41) is 13.1. The second-order valence-electron chi connectivity index (χ2n) is 4.11. The number of para-hydroxylation sites is 1. The molecule has 1 aromatic carbocycles. The first-order valence-electron chi connectivity index (χ1n) is 6.09. The Labute approximate surface area is 124 Å². The maximum Gasteiger partial charge on any atom is 0.220 e. The van der Waals surface area contributed by atoms with Gasteiger partial charge in [0.05, 0.1) is 5.69 Å². The molecule has 0 aliphatic heterocycles. The van der Waals surface area contributed by atoms with Crippen LogP contribution in [0.1, 0.15) is 5.56 Å². The first-order valence-corrected chi connectivity index (χ1v) is 6.91. The van der Waals surface area contributed by atoms with E-state index in [0.717, 1.165) is 16.3 Å². The fraction of sp³-hybridized carbons (Fsp3) is 0.0833. The van der Waals surface area contributed by atoms with Crippen molar-refractivity contribution in [3.05, 3.63) is 42.2 Å². The van der Waals surface area contributed by atoms with E-state index in [1.54, 1.807) is 4.68 Å². The SMILES string of the molecule is Cc1c(NN)ncnc1Sc1nnnn1-c1ccccc1. The van der Waals surface area contributed by atoms with Gasteiger partial charge < -0.3 is 5.43 Å². The van der Waals surface area contributed by atoms with Gasteiger partial charge in [-0.3, -0.25) is 0 Å². The summed E-state index contributed by atoms with van der Waals surface area (Å²) >= 11 is 1.35. The number of aromatic nitrogens is 6. The lowest BCUT2D eigenvalue weighted by Crippen LogP contribution is -2.11. The quantitative estimate of drug-likeness (QED) is 0.420. The van der Waals surface area contributed by atoms with Crippen LogP contribution in [0.2, 0.25) is 0 Å². The van der Waals surface area contributed by atoms with Gasteiger partial charge in [-0.25, -0.2) is 15.8 Å². The number of benzene rings is 1. The Morgan fingerprint density at radius 3 is 2.76 bits per heavy atom. The average molecular weight is 300 g/mol. The minimum Gasteiger partial charge on any atom is -0.308 e. The second kappa shape index (κ2) is 5.85. The smallest absolute Gasteiger partial charge is 0.220 e. The molecule has 3 rings (SSSR count). The monoisotopic (exact) mass is 300 g/mol. The minimum atomic E-state index is 0.575. The van der Waals surface area contributed by atoms with E-state index >= 15 is 0 Å². The second-order valence-corrected chi connectivity index (χ2v) is 5.06. The molecule has 0 aliphatic carbocycles. The number of nitrogen functional groups attached to an aromatic ring is 1. The van der Waals surface area contributed by atoms with Crippen molar-refractivity contribution in [3.63, 3.8) is 0 Å². The molecule has 2 heterocycles. The number of hydrazine groups is 1. The Bertz CT molecular complexity index is 742. The van der Waals surface area contributed by atoms with Gasteiger partial charge in [-0.2, -0.15) is 4.68 Å². The highest BCUT2D eigenvalue weighted by Crippen LogP contribution is 2.29. The van der Waals surface area contributed by atoms with Crippen molar-refractivity contribution in [1.82, 2.24) is 30.2 Å². The molecule has 0 amide bonds. The molecule has 8 nitrogen and oxygen atoms in total.